The molecule has 112 valence electrons. The Kier molecular flexibility index (Phi) is 5.05. The molecule has 1 amide bonds. The van der Waals surface area contributed by atoms with Gasteiger partial charge in [-0.1, -0.05) is 44.2 Å². The second-order valence-electron chi connectivity index (χ2n) is 5.26. The van der Waals surface area contributed by atoms with Gasteiger partial charge in [0.05, 0.1) is 0 Å². The number of nitrogens with zero attached hydrogens (tertiary/aromatic N) is 2. The van der Waals surface area contributed by atoms with Gasteiger partial charge in [0, 0.05) is 18.5 Å². The van der Waals surface area contributed by atoms with E-state index in [0.717, 1.165) is 5.56 Å². The van der Waals surface area contributed by atoms with E-state index in [-0.39, 0.29) is 23.7 Å². The van der Waals surface area contributed by atoms with Crippen molar-refractivity contribution in [3.8, 4) is 0 Å². The number of hydrogen-bond donors (Lipinski definition) is 3. The molecule has 21 heavy (non-hydrogen) atoms. The summed E-state index contributed by atoms with van der Waals surface area (Å²) in [6, 6.07) is 9.73. The molecule has 1 aromatic heterocycles. The summed E-state index contributed by atoms with van der Waals surface area (Å²) in [7, 11) is 0. The molecule has 0 saturated heterocycles. The van der Waals surface area contributed by atoms with Gasteiger partial charge in [-0.05, 0) is 12.0 Å². The van der Waals surface area contributed by atoms with Crippen molar-refractivity contribution in [2.75, 3.05) is 6.54 Å². The van der Waals surface area contributed by atoms with E-state index in [2.05, 4.69) is 20.5 Å². The third-order valence-electron chi connectivity index (χ3n) is 3.22. The van der Waals surface area contributed by atoms with E-state index < -0.39 is 0 Å². The zero-order valence-electron chi connectivity index (χ0n) is 12.3. The second-order valence-corrected chi connectivity index (χ2v) is 5.26. The number of hydrogen-bond acceptors (Lipinski definition) is 4. The zero-order valence-corrected chi connectivity index (χ0v) is 12.3. The molecule has 6 heteroatoms. The minimum Gasteiger partial charge on any atom is -0.349 e. The highest BCUT2D eigenvalue weighted by Gasteiger charge is 2.14. The van der Waals surface area contributed by atoms with Gasteiger partial charge in [0.1, 0.15) is 5.82 Å². The van der Waals surface area contributed by atoms with Crippen molar-refractivity contribution in [2.24, 2.45) is 5.73 Å². The maximum Gasteiger partial charge on any atom is 0.290 e. The first-order chi connectivity index (χ1) is 10.1. The summed E-state index contributed by atoms with van der Waals surface area (Å²) in [5.41, 5.74) is 7.14. The Morgan fingerprint density at radius 1 is 1.33 bits per heavy atom. The largest absolute Gasteiger partial charge is 0.349 e. The molecular weight excluding hydrogens is 266 g/mol. The topological polar surface area (TPSA) is 96.7 Å². The first-order valence-corrected chi connectivity index (χ1v) is 7.09. The van der Waals surface area contributed by atoms with Crippen LogP contribution in [0.1, 0.15) is 54.2 Å². The molecule has 0 aliphatic heterocycles. The third kappa shape index (κ3) is 4.13. The predicted octanol–water partition coefficient (Wildman–Crippen LogP) is 1.75. The molecule has 0 aliphatic rings. The van der Waals surface area contributed by atoms with Gasteiger partial charge in [0.2, 0.25) is 5.82 Å². The number of aromatic amines is 1. The van der Waals surface area contributed by atoms with Crippen LogP contribution in [-0.4, -0.2) is 27.6 Å². The number of nitrogens with two attached hydrogens (primary N) is 1. The fourth-order valence-electron chi connectivity index (χ4n) is 1.92. The van der Waals surface area contributed by atoms with Crippen molar-refractivity contribution in [2.45, 2.75) is 32.2 Å². The molecule has 1 unspecified atom stereocenters. The minimum atomic E-state index is -0.279. The molecule has 0 aliphatic carbocycles. The summed E-state index contributed by atoms with van der Waals surface area (Å²) in [6.45, 7) is 4.46. The lowest BCUT2D eigenvalue weighted by atomic mass is 10.1. The van der Waals surface area contributed by atoms with E-state index in [0.29, 0.717) is 18.8 Å². The Morgan fingerprint density at radius 3 is 2.67 bits per heavy atom. The number of H-pyrrole nitrogens is 1. The quantitative estimate of drug-likeness (QED) is 0.754. The van der Waals surface area contributed by atoms with Crippen molar-refractivity contribution in [3.05, 3.63) is 47.5 Å². The van der Waals surface area contributed by atoms with Crippen LogP contribution >= 0.6 is 0 Å². The van der Waals surface area contributed by atoms with E-state index in [1.165, 1.54) is 0 Å². The number of carbonyl (C=O) groups excluding carboxylic acids is 1. The molecule has 2 rings (SSSR count). The average molecular weight is 287 g/mol. The molecule has 1 atom stereocenters. The van der Waals surface area contributed by atoms with E-state index in [4.69, 9.17) is 5.73 Å². The van der Waals surface area contributed by atoms with Crippen LogP contribution in [0.2, 0.25) is 0 Å². The van der Waals surface area contributed by atoms with Crippen LogP contribution in [0.15, 0.2) is 30.3 Å². The molecule has 1 heterocycles. The molecule has 4 N–H and O–H groups in total. The van der Waals surface area contributed by atoms with Crippen LogP contribution in [0.3, 0.4) is 0 Å². The van der Waals surface area contributed by atoms with Crippen molar-refractivity contribution in [3.63, 3.8) is 0 Å². The van der Waals surface area contributed by atoms with Gasteiger partial charge >= 0.3 is 0 Å². The number of carbonyl (C=O) groups is 1. The fourth-order valence-corrected chi connectivity index (χ4v) is 1.92. The number of rotatable bonds is 6. The highest BCUT2D eigenvalue weighted by molar-refractivity contribution is 5.90. The number of nitrogens with one attached hydrogen (secondary N) is 2. The number of amides is 1. The smallest absolute Gasteiger partial charge is 0.290 e. The molecule has 1 aromatic carbocycles. The van der Waals surface area contributed by atoms with E-state index >= 15 is 0 Å². The SMILES string of the molecule is CC(C)c1nc(C(=O)NCCC(N)c2ccccc2)n[nH]1. The Hall–Kier alpha value is -2.21. The lowest BCUT2D eigenvalue weighted by molar-refractivity contribution is 0.0942. The van der Waals surface area contributed by atoms with Crippen molar-refractivity contribution >= 4 is 5.91 Å². The molecule has 6 nitrogen and oxygen atoms in total. The van der Waals surface area contributed by atoms with Crippen LogP contribution in [0.5, 0.6) is 0 Å². The predicted molar refractivity (Wildman–Crippen MR) is 80.8 cm³/mol. The summed E-state index contributed by atoms with van der Waals surface area (Å²) in [6.07, 6.45) is 0.664. The summed E-state index contributed by atoms with van der Waals surface area (Å²) < 4.78 is 0. The maximum absolute atomic E-state index is 11.9. The third-order valence-corrected chi connectivity index (χ3v) is 3.22. The molecule has 0 spiro atoms. The molecule has 2 aromatic rings. The van der Waals surface area contributed by atoms with Crippen LogP contribution in [0.4, 0.5) is 0 Å². The standard InChI is InChI=1S/C15H21N5O/c1-10(2)13-18-14(20-19-13)15(21)17-9-8-12(16)11-6-4-3-5-7-11/h3-7,10,12H,8-9,16H2,1-2H3,(H,17,21)(H,18,19,20). The van der Waals surface area contributed by atoms with Crippen molar-refractivity contribution in [1.29, 1.82) is 0 Å². The second kappa shape index (κ2) is 6.99. The molecular formula is C15H21N5O. The summed E-state index contributed by atoms with van der Waals surface area (Å²) in [4.78, 5) is 16.1. The summed E-state index contributed by atoms with van der Waals surface area (Å²) in [5.74, 6) is 0.817. The number of aromatic nitrogens is 3. The van der Waals surface area contributed by atoms with Crippen LogP contribution in [0.25, 0.3) is 0 Å². The van der Waals surface area contributed by atoms with Gasteiger partial charge in [-0.2, -0.15) is 0 Å². The molecule has 0 radical (unpaired) electrons. The van der Waals surface area contributed by atoms with Gasteiger partial charge < -0.3 is 11.1 Å². The van der Waals surface area contributed by atoms with E-state index in [9.17, 15) is 4.79 Å². The zero-order chi connectivity index (χ0) is 15.2. The Morgan fingerprint density at radius 2 is 2.05 bits per heavy atom. The van der Waals surface area contributed by atoms with Gasteiger partial charge in [-0.3, -0.25) is 9.89 Å². The first kappa shape index (κ1) is 15.2. The van der Waals surface area contributed by atoms with Gasteiger partial charge in [-0.15, -0.1) is 5.10 Å². The molecule has 0 saturated carbocycles. The first-order valence-electron chi connectivity index (χ1n) is 7.09. The lowest BCUT2D eigenvalue weighted by Crippen LogP contribution is -2.28. The van der Waals surface area contributed by atoms with E-state index in [1.54, 1.807) is 0 Å². The lowest BCUT2D eigenvalue weighted by Gasteiger charge is -2.11. The highest BCUT2D eigenvalue weighted by atomic mass is 16.2. The van der Waals surface area contributed by atoms with Gasteiger partial charge in [-0.25, -0.2) is 4.98 Å². The summed E-state index contributed by atoms with van der Waals surface area (Å²) >= 11 is 0. The monoisotopic (exact) mass is 287 g/mol. The van der Waals surface area contributed by atoms with Crippen molar-refractivity contribution < 1.29 is 4.79 Å². The van der Waals surface area contributed by atoms with Crippen molar-refractivity contribution in [1.82, 2.24) is 20.5 Å². The molecule has 0 bridgehead atoms. The minimum absolute atomic E-state index is 0.0927. The number of benzene rings is 1. The van der Waals surface area contributed by atoms with E-state index in [1.807, 2.05) is 44.2 Å². The van der Waals surface area contributed by atoms with Gasteiger partial charge in [0.25, 0.3) is 5.91 Å². The van der Waals surface area contributed by atoms with Crippen LogP contribution < -0.4 is 11.1 Å². The normalized spacial score (nSPS) is 12.4. The maximum atomic E-state index is 11.9. The van der Waals surface area contributed by atoms with Crippen LogP contribution in [-0.2, 0) is 0 Å². The Bertz CT molecular complexity index is 579. The fraction of sp³-hybridized carbons (Fsp3) is 0.400. The Balaban J connectivity index is 1.81. The highest BCUT2D eigenvalue weighted by Crippen LogP contribution is 2.12. The Labute approximate surface area is 124 Å². The van der Waals surface area contributed by atoms with Gasteiger partial charge in [0.15, 0.2) is 0 Å². The van der Waals surface area contributed by atoms with Crippen LogP contribution in [0, 0.1) is 0 Å². The average Bonchev–Trinajstić information content (AvgIpc) is 2.98. The molecule has 0 fully saturated rings. The summed E-state index contributed by atoms with van der Waals surface area (Å²) in [5, 5.41) is 9.47.